The third-order valence-electron chi connectivity index (χ3n) is 4.10. The van der Waals surface area contributed by atoms with Gasteiger partial charge in [-0.1, -0.05) is 6.92 Å². The molecule has 0 saturated carbocycles. The van der Waals surface area contributed by atoms with E-state index in [1.54, 1.807) is 26.8 Å². The van der Waals surface area contributed by atoms with Crippen LogP contribution < -0.4 is 10.1 Å². The molecule has 0 heterocycles. The predicted octanol–water partition coefficient (Wildman–Crippen LogP) is 3.04. The summed E-state index contributed by atoms with van der Waals surface area (Å²) < 4.78 is 13.7. The first-order valence-electron chi connectivity index (χ1n) is 8.28. The van der Waals surface area contributed by atoms with Crippen molar-refractivity contribution in [2.45, 2.75) is 65.2 Å². The highest BCUT2D eigenvalue weighted by atomic mass is 16.5. The van der Waals surface area contributed by atoms with Gasteiger partial charge >= 0.3 is 0 Å². The molecule has 1 aromatic carbocycles. The molecule has 0 spiro atoms. The number of hydrogen-bond donors (Lipinski definition) is 3. The van der Waals surface area contributed by atoms with E-state index < -0.39 is 11.7 Å². The van der Waals surface area contributed by atoms with Gasteiger partial charge in [0.25, 0.3) is 0 Å². The van der Waals surface area contributed by atoms with Crippen LogP contribution in [0.2, 0.25) is 0 Å². The van der Waals surface area contributed by atoms with E-state index in [0.29, 0.717) is 29.0 Å². The van der Waals surface area contributed by atoms with Crippen molar-refractivity contribution in [3.8, 4) is 5.75 Å². The van der Waals surface area contributed by atoms with Gasteiger partial charge in [-0.25, -0.2) is 0 Å². The fourth-order valence-electron chi connectivity index (χ4n) is 2.24. The summed E-state index contributed by atoms with van der Waals surface area (Å²) in [4.78, 5) is 0. The summed E-state index contributed by atoms with van der Waals surface area (Å²) in [5.74, 6) is 0.500. The zero-order valence-electron chi connectivity index (χ0n) is 15.9. The van der Waals surface area contributed by atoms with Gasteiger partial charge in [-0.2, -0.15) is 0 Å². The number of rotatable bonds is 7. The Morgan fingerprint density at radius 3 is 2.41 bits per heavy atom. The lowest BCUT2D eigenvalue weighted by molar-refractivity contribution is 0.0750. The lowest BCUT2D eigenvalue weighted by Gasteiger charge is -2.28. The van der Waals surface area contributed by atoms with Crippen molar-refractivity contribution in [1.82, 2.24) is 5.32 Å². The van der Waals surface area contributed by atoms with Crippen molar-refractivity contribution in [3.63, 3.8) is 0 Å². The van der Waals surface area contributed by atoms with Gasteiger partial charge in [-0.3, -0.25) is 0 Å². The van der Waals surface area contributed by atoms with E-state index >= 15 is 0 Å². The van der Waals surface area contributed by atoms with Gasteiger partial charge in [0.1, 0.15) is 5.75 Å². The molecule has 126 valence electrons. The summed E-state index contributed by atoms with van der Waals surface area (Å²) in [7, 11) is 1.53. The molecule has 0 aliphatic rings. The summed E-state index contributed by atoms with van der Waals surface area (Å²) >= 11 is 0. The van der Waals surface area contributed by atoms with Crippen LogP contribution in [0.4, 0.5) is 0 Å². The molecule has 0 unspecified atom stereocenters. The largest absolute Gasteiger partial charge is 0.496 e. The number of aliphatic hydroxyl groups is 2. The first-order chi connectivity index (χ1) is 10.4. The maximum absolute atomic E-state index is 10.5. The molecular weight excluding hydrogens is 278 g/mol. The maximum Gasteiger partial charge on any atom is 0.127 e. The molecule has 0 radical (unpaired) electrons. The molecule has 4 nitrogen and oxygen atoms in total. The molecule has 22 heavy (non-hydrogen) atoms. The van der Waals surface area contributed by atoms with Crippen LogP contribution in [0.15, 0.2) is 12.1 Å². The topological polar surface area (TPSA) is 61.7 Å². The van der Waals surface area contributed by atoms with E-state index in [2.05, 4.69) is 26.1 Å². The third kappa shape index (κ3) is 4.70. The standard InChI is InChI=1S/C18H31NO3/c1-8-17(3,4)19-11-15(20)13-9-12(2)16(22-7)14(10-13)18(5,6)21/h9-10,15,19-21H,8,11H2,1-7H3/t15-/m0/s1/i9D. The molecule has 4 heteroatoms. The van der Waals surface area contributed by atoms with E-state index in [4.69, 9.17) is 6.11 Å². The van der Waals surface area contributed by atoms with Crippen LogP contribution in [0.5, 0.6) is 5.75 Å². The van der Waals surface area contributed by atoms with Crippen molar-refractivity contribution < 1.29 is 16.3 Å². The van der Waals surface area contributed by atoms with Gasteiger partial charge in [0.15, 0.2) is 0 Å². The normalized spacial score (nSPS) is 14.7. The minimum absolute atomic E-state index is 0.0796. The molecule has 0 amide bonds. The maximum atomic E-state index is 10.5. The molecule has 0 aliphatic carbocycles. The first-order valence-corrected chi connectivity index (χ1v) is 7.78. The van der Waals surface area contributed by atoms with E-state index in [0.717, 1.165) is 6.42 Å². The number of nitrogens with one attached hydrogen (secondary N) is 1. The van der Waals surface area contributed by atoms with Gasteiger partial charge in [0.2, 0.25) is 0 Å². The number of methoxy groups -OCH3 is 1. The van der Waals surface area contributed by atoms with E-state index in [9.17, 15) is 10.2 Å². The molecule has 1 atom stereocenters. The lowest BCUT2D eigenvalue weighted by atomic mass is 9.91. The number of aliphatic hydroxyl groups excluding tert-OH is 1. The average molecular weight is 310 g/mol. The molecule has 0 aliphatic heterocycles. The Morgan fingerprint density at radius 1 is 1.36 bits per heavy atom. The van der Waals surface area contributed by atoms with Crippen molar-refractivity contribution in [2.75, 3.05) is 13.7 Å². The van der Waals surface area contributed by atoms with Crippen LogP contribution in [-0.4, -0.2) is 29.4 Å². The van der Waals surface area contributed by atoms with E-state index in [-0.39, 0.29) is 11.6 Å². The van der Waals surface area contributed by atoms with Crippen LogP contribution in [0.25, 0.3) is 0 Å². The molecule has 3 N–H and O–H groups in total. The SMILES string of the molecule is [2H]c1c([C@@H](O)CNC(C)(C)CC)cc(C(C)(C)O)c(OC)c1C. The second-order valence-corrected chi connectivity index (χ2v) is 6.99. The van der Waals surface area contributed by atoms with Crippen molar-refractivity contribution >= 4 is 0 Å². The third-order valence-corrected chi connectivity index (χ3v) is 4.10. The van der Waals surface area contributed by atoms with Gasteiger partial charge < -0.3 is 20.3 Å². The highest BCUT2D eigenvalue weighted by Crippen LogP contribution is 2.35. The second kappa shape index (κ2) is 6.99. The number of ether oxygens (including phenoxy) is 1. The van der Waals surface area contributed by atoms with Crippen LogP contribution in [0.1, 0.15) is 65.2 Å². The summed E-state index contributed by atoms with van der Waals surface area (Å²) in [6.07, 6.45) is 0.114. The average Bonchev–Trinajstić information content (AvgIpc) is 2.46. The lowest BCUT2D eigenvalue weighted by Crippen LogP contribution is -2.40. The predicted molar refractivity (Wildman–Crippen MR) is 90.3 cm³/mol. The minimum Gasteiger partial charge on any atom is -0.496 e. The van der Waals surface area contributed by atoms with Crippen LogP contribution >= 0.6 is 0 Å². The highest BCUT2D eigenvalue weighted by molar-refractivity contribution is 5.47. The summed E-state index contributed by atoms with van der Waals surface area (Å²) in [6.45, 7) is 11.7. The zero-order valence-corrected chi connectivity index (χ0v) is 14.9. The Bertz CT molecular complexity index is 550. The van der Waals surface area contributed by atoms with Gasteiger partial charge in [-0.15, -0.1) is 0 Å². The summed E-state index contributed by atoms with van der Waals surface area (Å²) in [5, 5.41) is 24.2. The van der Waals surface area contributed by atoms with Gasteiger partial charge in [0, 0.05) is 17.6 Å². The Balaban J connectivity index is 3.24. The minimum atomic E-state index is -1.12. The molecular formula is C18H31NO3. The second-order valence-electron chi connectivity index (χ2n) is 6.99. The number of hydrogen-bond acceptors (Lipinski definition) is 4. The molecule has 0 aromatic heterocycles. The monoisotopic (exact) mass is 310 g/mol. The van der Waals surface area contributed by atoms with Crippen molar-refractivity contribution in [1.29, 1.82) is 0 Å². The first kappa shape index (κ1) is 17.3. The van der Waals surface area contributed by atoms with Gasteiger partial charge in [-0.05, 0) is 64.3 Å². The Hall–Kier alpha value is -1.10. The Morgan fingerprint density at radius 2 is 1.95 bits per heavy atom. The molecule has 0 saturated heterocycles. The quantitative estimate of drug-likeness (QED) is 0.724. The van der Waals surface area contributed by atoms with Crippen LogP contribution in [0, 0.1) is 6.92 Å². The van der Waals surface area contributed by atoms with Gasteiger partial charge in [0.05, 0.1) is 20.2 Å². The number of β-amino-alcohol motifs (C(OH)–C–C–N with tert-alkyl or cyclic N) is 1. The fourth-order valence-corrected chi connectivity index (χ4v) is 2.24. The van der Waals surface area contributed by atoms with Crippen LogP contribution in [0.3, 0.4) is 0 Å². The van der Waals surface area contributed by atoms with Crippen molar-refractivity contribution in [2.24, 2.45) is 0 Å². The zero-order chi connectivity index (χ0) is 18.0. The molecule has 0 fully saturated rings. The highest BCUT2D eigenvalue weighted by Gasteiger charge is 2.25. The molecule has 1 aromatic rings. The molecule has 1 rings (SSSR count). The smallest absolute Gasteiger partial charge is 0.127 e. The fraction of sp³-hybridized carbons (Fsp3) is 0.667. The van der Waals surface area contributed by atoms with E-state index in [1.165, 1.54) is 7.11 Å². The van der Waals surface area contributed by atoms with Crippen LogP contribution in [-0.2, 0) is 5.60 Å². The Labute approximate surface area is 135 Å². The summed E-state index contributed by atoms with van der Waals surface area (Å²) in [5.41, 5.74) is 0.506. The van der Waals surface area contributed by atoms with Crippen molar-refractivity contribution in [3.05, 3.63) is 28.8 Å². The van der Waals surface area contributed by atoms with E-state index in [1.807, 2.05) is 0 Å². The Kier molecular flexibility index (Phi) is 5.48. The molecule has 0 bridgehead atoms. The summed E-state index contributed by atoms with van der Waals surface area (Å²) in [6, 6.07) is 1.93. The number of benzene rings is 1.